The Hall–Kier alpha value is -1.33. The molecule has 1 rings (SSSR count). The van der Waals surface area contributed by atoms with Crippen LogP contribution < -0.4 is 10.6 Å². The van der Waals surface area contributed by atoms with Gasteiger partial charge >= 0.3 is 0 Å². The highest BCUT2D eigenvalue weighted by atomic mass is 16.5. The molecular weight excluding hydrogens is 220 g/mol. The monoisotopic (exact) mass is 240 g/mol. The Balaban J connectivity index is 2.67. The van der Waals surface area contributed by atoms with Gasteiger partial charge in [-0.05, 0) is 19.2 Å². The molecular formula is C12H20N2O3. The number of furan rings is 1. The van der Waals surface area contributed by atoms with Crippen LogP contribution in [0.25, 0.3) is 0 Å². The van der Waals surface area contributed by atoms with E-state index in [9.17, 15) is 4.79 Å². The molecule has 0 aliphatic carbocycles. The van der Waals surface area contributed by atoms with E-state index in [1.165, 1.54) is 0 Å². The number of rotatable bonds is 7. The molecule has 1 aromatic heterocycles. The third kappa shape index (κ3) is 4.20. The summed E-state index contributed by atoms with van der Waals surface area (Å²) in [4.78, 5) is 11.5. The highest BCUT2D eigenvalue weighted by molar-refractivity contribution is 5.78. The van der Waals surface area contributed by atoms with Crippen LogP contribution in [-0.2, 0) is 16.0 Å². The van der Waals surface area contributed by atoms with Gasteiger partial charge < -0.3 is 19.8 Å². The molecule has 0 aliphatic rings. The minimum atomic E-state index is -0.235. The van der Waals surface area contributed by atoms with E-state index in [1.807, 2.05) is 19.1 Å². The lowest BCUT2D eigenvalue weighted by atomic mass is 10.2. The minimum Gasteiger partial charge on any atom is -0.464 e. The van der Waals surface area contributed by atoms with Gasteiger partial charge in [-0.3, -0.25) is 4.79 Å². The van der Waals surface area contributed by atoms with Gasteiger partial charge in [-0.2, -0.15) is 0 Å². The number of carbonyl (C=O) groups is 1. The van der Waals surface area contributed by atoms with Gasteiger partial charge in [0.2, 0.25) is 5.91 Å². The summed E-state index contributed by atoms with van der Waals surface area (Å²) >= 11 is 0. The molecule has 0 aromatic carbocycles. The Kier molecular flexibility index (Phi) is 5.72. The Morgan fingerprint density at radius 3 is 2.82 bits per heavy atom. The largest absolute Gasteiger partial charge is 0.464 e. The zero-order valence-corrected chi connectivity index (χ0v) is 10.6. The van der Waals surface area contributed by atoms with Gasteiger partial charge in [-0.25, -0.2) is 0 Å². The predicted octanol–water partition coefficient (Wildman–Crippen LogP) is 0.865. The fourth-order valence-electron chi connectivity index (χ4n) is 1.54. The molecule has 1 aromatic rings. The molecule has 2 N–H and O–H groups in total. The number of hydrogen-bond donors (Lipinski definition) is 2. The smallest absolute Gasteiger partial charge is 0.234 e. The SMILES string of the molecule is CCc1ccc(C(COC)NC(=O)CNC)o1. The summed E-state index contributed by atoms with van der Waals surface area (Å²) < 4.78 is 10.7. The Morgan fingerprint density at radius 2 is 2.29 bits per heavy atom. The summed E-state index contributed by atoms with van der Waals surface area (Å²) in [6, 6.07) is 3.56. The lowest BCUT2D eigenvalue weighted by Crippen LogP contribution is -2.36. The van der Waals surface area contributed by atoms with Gasteiger partial charge in [-0.15, -0.1) is 0 Å². The third-order valence-corrected chi connectivity index (χ3v) is 2.38. The van der Waals surface area contributed by atoms with Crippen LogP contribution in [0.4, 0.5) is 0 Å². The lowest BCUT2D eigenvalue weighted by Gasteiger charge is -2.15. The molecule has 0 bridgehead atoms. The van der Waals surface area contributed by atoms with Gasteiger partial charge in [0.1, 0.15) is 17.6 Å². The van der Waals surface area contributed by atoms with Crippen LogP contribution in [0.5, 0.6) is 0 Å². The van der Waals surface area contributed by atoms with Crippen molar-refractivity contribution in [3.05, 3.63) is 23.7 Å². The Bertz CT molecular complexity index is 349. The Morgan fingerprint density at radius 1 is 1.53 bits per heavy atom. The molecule has 0 fully saturated rings. The molecule has 1 unspecified atom stereocenters. The van der Waals surface area contributed by atoms with Crippen molar-refractivity contribution in [3.63, 3.8) is 0 Å². The van der Waals surface area contributed by atoms with Crippen LogP contribution in [0.2, 0.25) is 0 Å². The molecule has 0 saturated carbocycles. The van der Waals surface area contributed by atoms with Gasteiger partial charge in [0.15, 0.2) is 0 Å². The van der Waals surface area contributed by atoms with Gasteiger partial charge in [0, 0.05) is 13.5 Å². The minimum absolute atomic E-state index is 0.0796. The molecule has 0 aliphatic heterocycles. The van der Waals surface area contributed by atoms with Gasteiger partial charge in [0.25, 0.3) is 0 Å². The van der Waals surface area contributed by atoms with Crippen molar-refractivity contribution in [3.8, 4) is 0 Å². The fraction of sp³-hybridized carbons (Fsp3) is 0.583. The number of ether oxygens (including phenoxy) is 1. The van der Waals surface area contributed by atoms with E-state index in [-0.39, 0.29) is 18.5 Å². The second-order valence-electron chi connectivity index (χ2n) is 3.76. The van der Waals surface area contributed by atoms with Crippen molar-refractivity contribution in [2.75, 3.05) is 27.3 Å². The average Bonchev–Trinajstić information content (AvgIpc) is 2.77. The van der Waals surface area contributed by atoms with Crippen molar-refractivity contribution < 1.29 is 13.9 Å². The first kappa shape index (κ1) is 13.7. The first-order chi connectivity index (χ1) is 8.21. The zero-order chi connectivity index (χ0) is 12.7. The number of methoxy groups -OCH3 is 1. The Labute approximate surface area is 102 Å². The van der Waals surface area contributed by atoms with Crippen molar-refractivity contribution in [2.45, 2.75) is 19.4 Å². The lowest BCUT2D eigenvalue weighted by molar-refractivity contribution is -0.121. The quantitative estimate of drug-likeness (QED) is 0.742. The molecule has 0 spiro atoms. The van der Waals surface area contributed by atoms with Crippen molar-refractivity contribution in [2.24, 2.45) is 0 Å². The average molecular weight is 240 g/mol. The number of carbonyl (C=O) groups excluding carboxylic acids is 1. The summed E-state index contributed by atoms with van der Waals surface area (Å²) in [5, 5.41) is 5.65. The maximum absolute atomic E-state index is 11.5. The van der Waals surface area contributed by atoms with Crippen molar-refractivity contribution in [1.82, 2.24) is 10.6 Å². The zero-order valence-electron chi connectivity index (χ0n) is 10.6. The van der Waals surface area contributed by atoms with E-state index in [0.29, 0.717) is 6.61 Å². The second kappa shape index (κ2) is 7.09. The van der Waals surface area contributed by atoms with E-state index in [1.54, 1.807) is 14.2 Å². The number of nitrogens with one attached hydrogen (secondary N) is 2. The summed E-state index contributed by atoms with van der Waals surface area (Å²) in [6.45, 7) is 2.70. The first-order valence-corrected chi connectivity index (χ1v) is 5.72. The number of amides is 1. The van der Waals surface area contributed by atoms with Gasteiger partial charge in [0.05, 0.1) is 13.2 Å². The number of likely N-dealkylation sites (N-methyl/N-ethyl adjacent to an activating group) is 1. The van der Waals surface area contributed by atoms with Crippen molar-refractivity contribution >= 4 is 5.91 Å². The molecule has 17 heavy (non-hydrogen) atoms. The van der Waals surface area contributed by atoms with Crippen LogP contribution >= 0.6 is 0 Å². The summed E-state index contributed by atoms with van der Waals surface area (Å²) in [7, 11) is 3.33. The van der Waals surface area contributed by atoms with Gasteiger partial charge in [-0.1, -0.05) is 6.92 Å². The van der Waals surface area contributed by atoms with E-state index in [0.717, 1.165) is 17.9 Å². The van der Waals surface area contributed by atoms with E-state index >= 15 is 0 Å². The predicted molar refractivity (Wildman–Crippen MR) is 64.8 cm³/mol. The first-order valence-electron chi connectivity index (χ1n) is 5.72. The molecule has 5 heteroatoms. The molecule has 5 nitrogen and oxygen atoms in total. The normalized spacial score (nSPS) is 12.4. The van der Waals surface area contributed by atoms with Crippen LogP contribution in [0.1, 0.15) is 24.5 Å². The maximum atomic E-state index is 11.5. The van der Waals surface area contributed by atoms with Crippen molar-refractivity contribution in [1.29, 1.82) is 0 Å². The van der Waals surface area contributed by atoms with E-state index in [4.69, 9.17) is 9.15 Å². The summed E-state index contributed by atoms with van der Waals surface area (Å²) in [5.41, 5.74) is 0. The maximum Gasteiger partial charge on any atom is 0.234 e. The molecule has 1 atom stereocenters. The van der Waals surface area contributed by atoms with E-state index < -0.39 is 0 Å². The van der Waals surface area contributed by atoms with Crippen LogP contribution in [-0.4, -0.2) is 33.2 Å². The van der Waals surface area contributed by atoms with E-state index in [2.05, 4.69) is 10.6 Å². The van der Waals surface area contributed by atoms with Crippen LogP contribution in [0.15, 0.2) is 16.5 Å². The second-order valence-corrected chi connectivity index (χ2v) is 3.76. The number of hydrogen-bond acceptors (Lipinski definition) is 4. The highest BCUT2D eigenvalue weighted by Crippen LogP contribution is 2.17. The third-order valence-electron chi connectivity index (χ3n) is 2.38. The highest BCUT2D eigenvalue weighted by Gasteiger charge is 2.17. The van der Waals surface area contributed by atoms with Crippen LogP contribution in [0, 0.1) is 0 Å². The molecule has 0 radical (unpaired) electrons. The fourth-order valence-corrected chi connectivity index (χ4v) is 1.54. The molecule has 96 valence electrons. The number of aryl methyl sites for hydroxylation is 1. The molecule has 1 amide bonds. The summed E-state index contributed by atoms with van der Waals surface area (Å²) in [5.74, 6) is 1.56. The topological polar surface area (TPSA) is 63.5 Å². The molecule has 1 heterocycles. The standard InChI is InChI=1S/C12H20N2O3/c1-4-9-5-6-11(17-9)10(8-16-3)14-12(15)7-13-2/h5-6,10,13H,4,7-8H2,1-3H3,(H,14,15). The molecule has 0 saturated heterocycles. The summed E-state index contributed by atoms with van der Waals surface area (Å²) in [6.07, 6.45) is 0.837. The van der Waals surface area contributed by atoms with Crippen LogP contribution in [0.3, 0.4) is 0 Å².